The van der Waals surface area contributed by atoms with Crippen molar-refractivity contribution >= 4 is 17.7 Å². The zero-order valence-electron chi connectivity index (χ0n) is 40.0. The molecule has 9 heteroatoms. The Morgan fingerprint density at radius 3 is 1.25 bits per heavy atom. The topological polar surface area (TPSA) is 90.2 Å². The molecule has 0 bridgehead atoms. The fraction of sp³-hybridized carbons (Fsp3) is 0.667. The molecule has 63 heavy (non-hydrogen) atoms. The van der Waals surface area contributed by atoms with Crippen molar-refractivity contribution in [2.24, 2.45) is 0 Å². The zero-order valence-corrected chi connectivity index (χ0v) is 43.2. The van der Waals surface area contributed by atoms with Crippen LogP contribution < -0.4 is 43.8 Å². The SMILES string of the molecule is CCCCCCCCCCCCCCCCOC(=O)C1=C(C)[NH2+]C(C)=C(C(=O)OCCCCCCCCCCCCCCCC)C1c1ccc[n+](CC(=O)c2ccccc2)c1.[Br-].[Br-]. The van der Waals surface area contributed by atoms with E-state index in [1.54, 1.807) is 0 Å². The van der Waals surface area contributed by atoms with Gasteiger partial charge in [0, 0.05) is 31.0 Å². The van der Waals surface area contributed by atoms with E-state index in [-0.39, 0.29) is 46.3 Å². The van der Waals surface area contributed by atoms with Gasteiger partial charge in [0.25, 0.3) is 0 Å². The number of nitrogens with zero attached hydrogens (tertiary/aromatic N) is 1. The standard InChI is InChI=1S/C54H84N2O5.2BrH/c1-5-7-9-11-13-15-17-19-21-23-25-27-29-34-41-60-53(58)50-45(3)55-46(4)51(52(50)48-39-36-40-56(43-48)44-49(57)47-37-32-31-33-38-47)54(59)61-42-35-30-28-26-24-22-20-18-16-14-12-10-8-6-2;;/h31-33,36-40,43,52H,5-30,34-35,41-42,44H2,1-4H3;2*1H. The summed E-state index contributed by atoms with van der Waals surface area (Å²) in [5, 5.41) is 1.92. The Morgan fingerprint density at radius 1 is 0.508 bits per heavy atom. The van der Waals surface area contributed by atoms with Gasteiger partial charge >= 0.3 is 11.9 Å². The molecule has 0 saturated carbocycles. The molecule has 0 fully saturated rings. The Hall–Kier alpha value is -2.62. The quantitative estimate of drug-likeness (QED) is 0.0340. The number of carbonyl (C=O) groups excluding carboxylic acids is 3. The lowest BCUT2D eigenvalue weighted by Crippen LogP contribution is -3.00. The Labute approximate surface area is 405 Å². The lowest BCUT2D eigenvalue weighted by atomic mass is 9.81. The number of Topliss-reactive ketones (excluding diaryl/α,β-unsaturated/α-hetero) is 1. The number of unbranched alkanes of at least 4 members (excludes halogenated alkanes) is 26. The third-order valence-electron chi connectivity index (χ3n) is 12.4. The smallest absolute Gasteiger partial charge is 0.340 e. The number of esters is 2. The highest BCUT2D eigenvalue weighted by Crippen LogP contribution is 2.37. The van der Waals surface area contributed by atoms with Gasteiger partial charge in [0.15, 0.2) is 12.4 Å². The van der Waals surface area contributed by atoms with E-state index in [0.29, 0.717) is 29.9 Å². The maximum atomic E-state index is 14.0. The minimum absolute atomic E-state index is 0. The lowest BCUT2D eigenvalue weighted by molar-refractivity contribution is -0.683. The first-order valence-corrected chi connectivity index (χ1v) is 25.0. The second-order valence-electron chi connectivity index (χ2n) is 17.8. The first kappa shape index (κ1) is 58.4. The van der Waals surface area contributed by atoms with Crippen molar-refractivity contribution in [2.75, 3.05) is 13.2 Å². The first-order valence-electron chi connectivity index (χ1n) is 25.0. The number of allylic oxidation sites excluding steroid dienone is 2. The van der Waals surface area contributed by atoms with Crippen LogP contribution in [0, 0.1) is 0 Å². The highest BCUT2D eigenvalue weighted by molar-refractivity contribution is 5.99. The minimum atomic E-state index is -0.669. The van der Waals surface area contributed by atoms with E-state index in [4.69, 9.17) is 9.47 Å². The molecule has 2 heterocycles. The van der Waals surface area contributed by atoms with Crippen LogP contribution in [-0.2, 0) is 25.6 Å². The fourth-order valence-electron chi connectivity index (χ4n) is 8.74. The molecule has 0 atom stereocenters. The summed E-state index contributed by atoms with van der Waals surface area (Å²) in [6.07, 6.45) is 39.2. The largest absolute Gasteiger partial charge is 1.00 e. The van der Waals surface area contributed by atoms with Crippen LogP contribution >= 0.6 is 0 Å². The average molecular weight is 1000 g/mol. The van der Waals surface area contributed by atoms with E-state index in [1.165, 1.54) is 141 Å². The van der Waals surface area contributed by atoms with Crippen LogP contribution in [0.5, 0.6) is 0 Å². The molecule has 2 N–H and O–H groups in total. The fourth-order valence-corrected chi connectivity index (χ4v) is 8.74. The molecule has 0 radical (unpaired) electrons. The summed E-state index contributed by atoms with van der Waals surface area (Å²) in [4.78, 5) is 41.2. The number of hydrogen-bond acceptors (Lipinski definition) is 5. The summed E-state index contributed by atoms with van der Waals surface area (Å²) in [7, 11) is 0. The molecule has 0 spiro atoms. The van der Waals surface area contributed by atoms with E-state index in [9.17, 15) is 14.4 Å². The molecule has 1 aromatic carbocycles. The van der Waals surface area contributed by atoms with E-state index in [0.717, 1.165) is 55.5 Å². The number of carbonyl (C=O) groups is 3. The van der Waals surface area contributed by atoms with Crippen molar-refractivity contribution in [1.29, 1.82) is 0 Å². The molecule has 0 aliphatic carbocycles. The van der Waals surface area contributed by atoms with Crippen LogP contribution in [0.3, 0.4) is 0 Å². The predicted molar refractivity (Wildman–Crippen MR) is 250 cm³/mol. The van der Waals surface area contributed by atoms with Crippen molar-refractivity contribution in [3.63, 3.8) is 0 Å². The van der Waals surface area contributed by atoms with Crippen molar-refractivity contribution in [3.8, 4) is 0 Å². The third-order valence-corrected chi connectivity index (χ3v) is 12.4. The van der Waals surface area contributed by atoms with Gasteiger partial charge in [0.1, 0.15) is 22.5 Å². The van der Waals surface area contributed by atoms with Gasteiger partial charge in [0.2, 0.25) is 12.3 Å². The number of quaternary nitrogens is 1. The summed E-state index contributed by atoms with van der Waals surface area (Å²) in [6, 6.07) is 13.1. The van der Waals surface area contributed by atoms with Gasteiger partial charge in [-0.25, -0.2) is 9.59 Å². The zero-order chi connectivity index (χ0) is 43.8. The Balaban J connectivity index is 0.00000992. The molecule has 0 amide bonds. The van der Waals surface area contributed by atoms with Gasteiger partial charge in [-0.15, -0.1) is 0 Å². The molecule has 3 rings (SSSR count). The van der Waals surface area contributed by atoms with Crippen LogP contribution in [-0.4, -0.2) is 30.9 Å². The van der Waals surface area contributed by atoms with Crippen LogP contribution in [0.15, 0.2) is 77.4 Å². The molecule has 0 unspecified atom stereocenters. The van der Waals surface area contributed by atoms with Crippen LogP contribution in [0.1, 0.15) is 229 Å². The van der Waals surface area contributed by atoms with Gasteiger partial charge in [-0.05, 0) is 18.9 Å². The van der Waals surface area contributed by atoms with Crippen molar-refractivity contribution in [2.45, 2.75) is 220 Å². The van der Waals surface area contributed by atoms with Gasteiger partial charge in [0.05, 0.1) is 19.1 Å². The highest BCUT2D eigenvalue weighted by atomic mass is 79.9. The number of rotatable bonds is 36. The van der Waals surface area contributed by atoms with Crippen LogP contribution in [0.2, 0.25) is 0 Å². The normalized spacial score (nSPS) is 12.8. The molecular weight excluding hydrogens is 916 g/mol. The molecule has 0 saturated heterocycles. The highest BCUT2D eigenvalue weighted by Gasteiger charge is 2.42. The number of ketones is 1. The number of aromatic nitrogens is 1. The Kier molecular flexibility index (Phi) is 34.8. The molecule has 1 aliphatic rings. The van der Waals surface area contributed by atoms with Gasteiger partial charge < -0.3 is 43.4 Å². The first-order chi connectivity index (χ1) is 29.9. The lowest BCUT2D eigenvalue weighted by Gasteiger charge is -2.26. The van der Waals surface area contributed by atoms with E-state index in [1.807, 2.05) is 78.6 Å². The van der Waals surface area contributed by atoms with E-state index < -0.39 is 17.9 Å². The third kappa shape index (κ3) is 24.5. The summed E-state index contributed by atoms with van der Waals surface area (Å²) < 4.78 is 13.8. The van der Waals surface area contributed by atoms with Crippen molar-refractivity contribution < 1.29 is 67.7 Å². The number of ether oxygens (including phenoxy) is 2. The number of benzene rings is 1. The second kappa shape index (κ2) is 37.6. The molecule has 7 nitrogen and oxygen atoms in total. The van der Waals surface area contributed by atoms with Gasteiger partial charge in [-0.3, -0.25) is 10.1 Å². The minimum Gasteiger partial charge on any atom is -1.00 e. The van der Waals surface area contributed by atoms with Crippen LogP contribution in [0.25, 0.3) is 0 Å². The predicted octanol–water partition coefficient (Wildman–Crippen LogP) is 7.12. The maximum absolute atomic E-state index is 14.0. The Bertz CT molecular complexity index is 1530. The second-order valence-corrected chi connectivity index (χ2v) is 17.8. The molecule has 1 aliphatic heterocycles. The number of nitrogens with two attached hydrogens (primary N) is 1. The summed E-state index contributed by atoms with van der Waals surface area (Å²) in [5.74, 6) is -1.47. The molecule has 1 aromatic heterocycles. The summed E-state index contributed by atoms with van der Waals surface area (Å²) in [6.45, 7) is 9.23. The monoisotopic (exact) mass is 1000 g/mol. The van der Waals surface area contributed by atoms with Gasteiger partial charge in [-0.2, -0.15) is 4.57 Å². The van der Waals surface area contributed by atoms with Gasteiger partial charge in [-0.1, -0.05) is 211 Å². The maximum Gasteiger partial charge on any atom is 0.340 e. The van der Waals surface area contributed by atoms with E-state index >= 15 is 0 Å². The number of pyridine rings is 1. The summed E-state index contributed by atoms with van der Waals surface area (Å²) in [5.41, 5.74) is 3.89. The van der Waals surface area contributed by atoms with E-state index in [2.05, 4.69) is 13.8 Å². The van der Waals surface area contributed by atoms with Crippen molar-refractivity contribution in [1.82, 2.24) is 0 Å². The molecular formula is C54H86Br2N2O5. The molecule has 356 valence electrons. The number of hydrogen-bond donors (Lipinski definition) is 1. The Morgan fingerprint density at radius 2 is 0.873 bits per heavy atom. The summed E-state index contributed by atoms with van der Waals surface area (Å²) >= 11 is 0. The van der Waals surface area contributed by atoms with Crippen LogP contribution in [0.4, 0.5) is 0 Å². The van der Waals surface area contributed by atoms with Crippen molar-refractivity contribution in [3.05, 3.63) is 88.5 Å². The number of halogens is 2. The average Bonchev–Trinajstić information content (AvgIpc) is 3.26. The molecule has 2 aromatic rings.